The van der Waals surface area contributed by atoms with Crippen molar-refractivity contribution in [1.29, 1.82) is 0 Å². The maximum absolute atomic E-state index is 2.39. The van der Waals surface area contributed by atoms with E-state index >= 15 is 0 Å². The van der Waals surface area contributed by atoms with Crippen molar-refractivity contribution >= 4 is 21.8 Å². The zero-order valence-electron chi connectivity index (χ0n) is 18.3. The zero-order chi connectivity index (χ0) is 22.0. The molecule has 33 heavy (non-hydrogen) atoms. The van der Waals surface area contributed by atoms with Crippen molar-refractivity contribution in [3.8, 4) is 0 Å². The Hall–Kier alpha value is -3.20. The van der Waals surface area contributed by atoms with Crippen LogP contribution in [0, 0.1) is 0 Å². The highest BCUT2D eigenvalue weighted by Crippen LogP contribution is 2.58. The molecule has 0 spiro atoms. The lowest BCUT2D eigenvalue weighted by Crippen LogP contribution is -2.04. The van der Waals surface area contributed by atoms with Crippen molar-refractivity contribution < 1.29 is 0 Å². The number of rotatable bonds is 4. The summed E-state index contributed by atoms with van der Waals surface area (Å²) < 4.78 is 0. The second kappa shape index (κ2) is 8.97. The molecule has 1 aliphatic heterocycles. The van der Waals surface area contributed by atoms with Crippen molar-refractivity contribution in [2.75, 3.05) is 0 Å². The fourth-order valence-electron chi connectivity index (χ4n) is 4.72. The first-order valence-corrected chi connectivity index (χ1v) is 14.0. The van der Waals surface area contributed by atoms with Gasteiger partial charge in [0.15, 0.2) is 0 Å². The molecule has 0 atom stereocenters. The minimum Gasteiger partial charge on any atom is -0.173 e. The largest absolute Gasteiger partial charge is 0.173 e. The van der Waals surface area contributed by atoms with Crippen LogP contribution in [0.3, 0.4) is 0 Å². The molecule has 0 saturated carbocycles. The maximum Gasteiger partial charge on any atom is -0.000441 e. The van der Waals surface area contributed by atoms with Gasteiger partial charge in [-0.2, -0.15) is 21.8 Å². The molecule has 0 nitrogen and oxygen atoms in total. The third kappa shape index (κ3) is 3.90. The lowest BCUT2D eigenvalue weighted by atomic mass is 10.0. The van der Waals surface area contributed by atoms with Crippen molar-refractivity contribution in [2.24, 2.45) is 0 Å². The normalized spacial score (nSPS) is 13.7. The van der Waals surface area contributed by atoms with Gasteiger partial charge >= 0.3 is 0 Å². The van der Waals surface area contributed by atoms with Gasteiger partial charge in [-0.05, 0) is 108 Å². The molecule has 1 aliphatic rings. The molecule has 5 aromatic rings. The summed E-state index contributed by atoms with van der Waals surface area (Å²) in [5.41, 5.74) is 2.95. The van der Waals surface area contributed by atoms with Gasteiger partial charge in [0.2, 0.25) is 0 Å². The molecule has 1 heterocycles. The molecule has 0 aliphatic carbocycles. The Kier molecular flexibility index (Phi) is 5.55. The van der Waals surface area contributed by atoms with Gasteiger partial charge in [-0.3, -0.25) is 0 Å². The van der Waals surface area contributed by atoms with Crippen LogP contribution < -0.4 is 0 Å². The van der Waals surface area contributed by atoms with Crippen LogP contribution in [-0.4, -0.2) is 0 Å². The molecule has 0 unspecified atom stereocenters. The quantitative estimate of drug-likeness (QED) is 0.241. The molecule has 2 heteroatoms. The summed E-state index contributed by atoms with van der Waals surface area (Å²) in [5, 5.41) is 0. The van der Waals surface area contributed by atoms with Crippen LogP contribution >= 0.6 is 21.8 Å². The monoisotopic (exact) mass is 462 g/mol. The average Bonchev–Trinajstić information content (AvgIpc) is 2.89. The van der Waals surface area contributed by atoms with Gasteiger partial charge in [-0.1, -0.05) is 72.8 Å². The molecule has 0 saturated heterocycles. The second-order valence-corrected chi connectivity index (χ2v) is 12.7. The molecule has 5 aromatic carbocycles. The van der Waals surface area contributed by atoms with Crippen LogP contribution in [0.2, 0.25) is 0 Å². The Bertz CT molecular complexity index is 1290. The van der Waals surface area contributed by atoms with Gasteiger partial charge in [-0.25, -0.2) is 0 Å². The number of thiol groups is 2. The Morgan fingerprint density at radius 3 is 1.36 bits per heavy atom. The van der Waals surface area contributed by atoms with E-state index in [0.717, 1.165) is 6.42 Å². The summed E-state index contributed by atoms with van der Waals surface area (Å²) in [6, 6.07) is 49.5. The third-order valence-electron chi connectivity index (χ3n) is 6.24. The summed E-state index contributed by atoms with van der Waals surface area (Å²) in [5.74, 6) is 0. The molecule has 0 N–H and O–H groups in total. The summed E-state index contributed by atoms with van der Waals surface area (Å²) in [7, 11) is -1.11. The Morgan fingerprint density at radius 1 is 0.424 bits per heavy atom. The van der Waals surface area contributed by atoms with Gasteiger partial charge in [-0.15, -0.1) is 0 Å². The first kappa shape index (κ1) is 20.4. The first-order chi connectivity index (χ1) is 16.4. The highest BCUT2D eigenvalue weighted by Gasteiger charge is 2.23. The van der Waals surface area contributed by atoms with Gasteiger partial charge in [0.25, 0.3) is 0 Å². The Morgan fingerprint density at radius 2 is 0.848 bits per heavy atom. The van der Waals surface area contributed by atoms with E-state index in [1.165, 1.54) is 40.5 Å². The van der Waals surface area contributed by atoms with E-state index in [9.17, 15) is 0 Å². The minimum atomic E-state index is -0.574. The average molecular weight is 463 g/mol. The molecule has 0 radical (unpaired) electrons. The molecule has 6 rings (SSSR count). The van der Waals surface area contributed by atoms with E-state index in [1.54, 1.807) is 0 Å². The lowest BCUT2D eigenvalue weighted by molar-refractivity contribution is 1.04. The summed E-state index contributed by atoms with van der Waals surface area (Å²) in [4.78, 5) is 8.64. The summed E-state index contributed by atoms with van der Waals surface area (Å²) in [6.07, 6.45) is 1.04. The van der Waals surface area contributed by atoms with Gasteiger partial charge in [0, 0.05) is 0 Å². The number of hydrogen-bond acceptors (Lipinski definition) is 0. The fraction of sp³-hybridized carbons (Fsp3) is 0.0323. The first-order valence-electron chi connectivity index (χ1n) is 11.3. The lowest BCUT2D eigenvalue weighted by Gasteiger charge is -2.32. The summed E-state index contributed by atoms with van der Waals surface area (Å²) >= 11 is 0. The van der Waals surface area contributed by atoms with Crippen LogP contribution in [0.25, 0.3) is 0 Å². The molecule has 0 fully saturated rings. The molecule has 162 valence electrons. The van der Waals surface area contributed by atoms with Gasteiger partial charge < -0.3 is 0 Å². The maximum atomic E-state index is 2.39. The van der Waals surface area contributed by atoms with Crippen molar-refractivity contribution in [3.05, 3.63) is 145 Å². The highest BCUT2D eigenvalue weighted by atomic mass is 32.2. The number of benzene rings is 5. The van der Waals surface area contributed by atoms with E-state index in [2.05, 4.69) is 133 Å². The van der Waals surface area contributed by atoms with Crippen LogP contribution in [0.15, 0.2) is 163 Å². The second-order valence-electron chi connectivity index (χ2n) is 8.29. The fourth-order valence-corrected chi connectivity index (χ4v) is 9.62. The van der Waals surface area contributed by atoms with Crippen molar-refractivity contribution in [3.63, 3.8) is 0 Å². The molecule has 0 amide bonds. The topological polar surface area (TPSA) is 0 Å². The van der Waals surface area contributed by atoms with Gasteiger partial charge in [0.1, 0.15) is 0 Å². The third-order valence-corrected chi connectivity index (χ3v) is 11.3. The van der Waals surface area contributed by atoms with E-state index in [0.29, 0.717) is 0 Å². The molecular formula is C31H26S2. The van der Waals surface area contributed by atoms with Crippen LogP contribution in [0.1, 0.15) is 11.1 Å². The Labute approximate surface area is 201 Å². The standard InChI is InChI=1S/C31H26S2/c1-3-13-26(14-4-1)32(27-15-5-2-6-16-27)28-19-21-29(22-20-28)33-30-17-9-7-11-24(30)23-25-12-8-10-18-31(25)33/h1-22,32-33H,23H2. The van der Waals surface area contributed by atoms with Crippen LogP contribution in [0.5, 0.6) is 0 Å². The SMILES string of the molecule is c1ccc([SH](c2ccccc2)c2ccc([SH]3c4ccccc4Cc4ccccc43)cc2)cc1. The number of hydrogen-bond donors (Lipinski definition) is 2. The molecule has 0 aromatic heterocycles. The van der Waals surface area contributed by atoms with E-state index in [4.69, 9.17) is 0 Å². The molecule has 0 bridgehead atoms. The predicted molar refractivity (Wildman–Crippen MR) is 143 cm³/mol. The zero-order valence-corrected chi connectivity index (χ0v) is 20.1. The Balaban J connectivity index is 1.44. The predicted octanol–water partition coefficient (Wildman–Crippen LogP) is 8.55. The molecular weight excluding hydrogens is 436 g/mol. The summed E-state index contributed by atoms with van der Waals surface area (Å²) in [6.45, 7) is 0. The highest BCUT2D eigenvalue weighted by molar-refractivity contribution is 8.17. The van der Waals surface area contributed by atoms with Crippen LogP contribution in [0.4, 0.5) is 0 Å². The minimum absolute atomic E-state index is 0.532. The number of fused-ring (bicyclic) bond motifs is 2. The van der Waals surface area contributed by atoms with Crippen LogP contribution in [-0.2, 0) is 6.42 Å². The van der Waals surface area contributed by atoms with Crippen molar-refractivity contribution in [1.82, 2.24) is 0 Å². The smallest absolute Gasteiger partial charge is 0.000441 e. The van der Waals surface area contributed by atoms with E-state index < -0.39 is 21.8 Å². The van der Waals surface area contributed by atoms with E-state index in [-0.39, 0.29) is 0 Å². The van der Waals surface area contributed by atoms with E-state index in [1.807, 2.05) is 0 Å². The van der Waals surface area contributed by atoms with Crippen molar-refractivity contribution in [2.45, 2.75) is 35.8 Å². The van der Waals surface area contributed by atoms with Gasteiger partial charge in [0.05, 0.1) is 0 Å².